The quantitative estimate of drug-likeness (QED) is 0.845. The average molecular weight is 348 g/mol. The van der Waals surface area contributed by atoms with E-state index in [0.717, 1.165) is 18.5 Å². The number of likely N-dealkylation sites (tertiary alicyclic amines) is 1. The van der Waals surface area contributed by atoms with Crippen LogP contribution in [0.4, 0.5) is 0 Å². The summed E-state index contributed by atoms with van der Waals surface area (Å²) in [7, 11) is 0. The number of nitrogens with zero attached hydrogens (tertiary/aromatic N) is 4. The van der Waals surface area contributed by atoms with Crippen LogP contribution in [0, 0.1) is 5.92 Å². The van der Waals surface area contributed by atoms with Crippen molar-refractivity contribution in [1.29, 1.82) is 0 Å². The van der Waals surface area contributed by atoms with Crippen molar-refractivity contribution in [2.45, 2.75) is 77.0 Å². The summed E-state index contributed by atoms with van der Waals surface area (Å²) in [6, 6.07) is -1.03. The van der Waals surface area contributed by atoms with E-state index in [0.29, 0.717) is 18.8 Å². The minimum atomic E-state index is -0.640. The smallest absolute Gasteiger partial charge is 0.248 e. The molecule has 1 aliphatic heterocycles. The average Bonchev–Trinajstić information content (AvgIpc) is 3.11. The molecule has 0 spiro atoms. The molecule has 7 heteroatoms. The maximum atomic E-state index is 13.2. The molecule has 2 fully saturated rings. The van der Waals surface area contributed by atoms with Gasteiger partial charge in [0.15, 0.2) is 5.78 Å². The van der Waals surface area contributed by atoms with E-state index < -0.39 is 18.2 Å². The van der Waals surface area contributed by atoms with Gasteiger partial charge < -0.3 is 10.0 Å². The number of ketones is 1. The highest BCUT2D eigenvalue weighted by molar-refractivity contribution is 5.91. The monoisotopic (exact) mass is 348 g/mol. The molecule has 3 atom stereocenters. The van der Waals surface area contributed by atoms with E-state index in [1.54, 1.807) is 16.5 Å². The van der Waals surface area contributed by atoms with Gasteiger partial charge in [-0.2, -0.15) is 0 Å². The van der Waals surface area contributed by atoms with Gasteiger partial charge in [-0.15, -0.1) is 5.10 Å². The highest BCUT2D eigenvalue weighted by Gasteiger charge is 2.42. The van der Waals surface area contributed by atoms with Crippen LogP contribution in [0.25, 0.3) is 0 Å². The van der Waals surface area contributed by atoms with E-state index in [-0.39, 0.29) is 24.2 Å². The zero-order valence-electron chi connectivity index (χ0n) is 15.3. The van der Waals surface area contributed by atoms with Crippen molar-refractivity contribution >= 4 is 11.7 Å². The van der Waals surface area contributed by atoms with Crippen LogP contribution in [0.5, 0.6) is 0 Å². The third kappa shape index (κ3) is 3.47. The molecule has 1 N–H and O–H groups in total. The number of rotatable bonds is 6. The Kier molecular flexibility index (Phi) is 5.22. The third-order valence-electron chi connectivity index (χ3n) is 5.50. The van der Waals surface area contributed by atoms with E-state index >= 15 is 0 Å². The van der Waals surface area contributed by atoms with Crippen molar-refractivity contribution in [3.8, 4) is 0 Å². The topological polar surface area (TPSA) is 88.3 Å². The molecule has 1 aromatic heterocycles. The molecule has 0 radical (unpaired) electrons. The lowest BCUT2D eigenvalue weighted by Crippen LogP contribution is -2.45. The van der Waals surface area contributed by atoms with Gasteiger partial charge in [-0.25, -0.2) is 4.68 Å². The second-order valence-electron chi connectivity index (χ2n) is 7.66. The molecule has 7 nitrogen and oxygen atoms in total. The first-order valence-corrected chi connectivity index (χ1v) is 9.35. The van der Waals surface area contributed by atoms with E-state index in [9.17, 15) is 14.7 Å². The van der Waals surface area contributed by atoms with Crippen molar-refractivity contribution in [2.75, 3.05) is 6.54 Å². The van der Waals surface area contributed by atoms with Crippen molar-refractivity contribution in [2.24, 2.45) is 5.92 Å². The van der Waals surface area contributed by atoms with Crippen LogP contribution < -0.4 is 0 Å². The first-order valence-electron chi connectivity index (χ1n) is 9.35. The number of β-amino-alcohol motifs (C(OH)–C–C–N with tert-alkyl or cyclic N) is 1. The molecule has 1 aromatic rings. The Morgan fingerprint density at radius 1 is 1.36 bits per heavy atom. The van der Waals surface area contributed by atoms with E-state index in [1.165, 1.54) is 6.42 Å². The van der Waals surface area contributed by atoms with Gasteiger partial charge in [-0.3, -0.25) is 9.59 Å². The summed E-state index contributed by atoms with van der Waals surface area (Å²) in [5.41, 5.74) is 0.951. The summed E-state index contributed by atoms with van der Waals surface area (Å²) in [6.45, 7) is 5.94. The fourth-order valence-electron chi connectivity index (χ4n) is 3.79. The van der Waals surface area contributed by atoms with Crippen LogP contribution in [-0.2, 0) is 9.59 Å². The molecule has 138 valence electrons. The highest BCUT2D eigenvalue weighted by atomic mass is 16.3. The molecule has 0 unspecified atom stereocenters. The SMILES string of the molecule is CCC(=O)[C@@H]1C[C@@H](O)CN1C(=O)[C@H](C(C)C)n1cc(C2CCC2)nn1. The van der Waals surface area contributed by atoms with E-state index in [1.807, 2.05) is 20.0 Å². The standard InChI is InChI=1S/C18H28N4O3/c1-4-16(24)15-8-13(23)9-21(15)18(25)17(11(2)3)22-10-14(19-20-22)12-6-5-7-12/h10-13,15,17,23H,4-9H2,1-3H3/t13-,15+,17+/m1/s1. The van der Waals surface area contributed by atoms with Gasteiger partial charge in [-0.05, 0) is 18.8 Å². The number of carbonyl (C=O) groups excluding carboxylic acids is 2. The molecule has 1 saturated carbocycles. The van der Waals surface area contributed by atoms with Crippen LogP contribution in [-0.4, -0.2) is 55.4 Å². The van der Waals surface area contributed by atoms with Crippen LogP contribution in [0.3, 0.4) is 0 Å². The van der Waals surface area contributed by atoms with Gasteiger partial charge >= 0.3 is 0 Å². The molecule has 1 amide bonds. The summed E-state index contributed by atoms with van der Waals surface area (Å²) >= 11 is 0. The number of amides is 1. The maximum absolute atomic E-state index is 13.2. The lowest BCUT2D eigenvalue weighted by Gasteiger charge is -2.29. The van der Waals surface area contributed by atoms with Crippen LogP contribution in [0.1, 0.15) is 70.5 Å². The van der Waals surface area contributed by atoms with Gasteiger partial charge in [0.1, 0.15) is 6.04 Å². The predicted octanol–water partition coefficient (Wildman–Crippen LogP) is 1.68. The number of hydrogen-bond acceptors (Lipinski definition) is 5. The molecular weight excluding hydrogens is 320 g/mol. The van der Waals surface area contributed by atoms with Crippen molar-refractivity contribution in [3.63, 3.8) is 0 Å². The fourth-order valence-corrected chi connectivity index (χ4v) is 3.79. The normalized spacial score (nSPS) is 25.2. The van der Waals surface area contributed by atoms with Gasteiger partial charge in [0.05, 0.1) is 17.8 Å². The number of aliphatic hydroxyl groups is 1. The number of carbonyl (C=O) groups is 2. The maximum Gasteiger partial charge on any atom is 0.248 e. The fraction of sp³-hybridized carbons (Fsp3) is 0.778. The Bertz CT molecular complexity index is 638. The Balaban J connectivity index is 1.83. The predicted molar refractivity (Wildman–Crippen MR) is 91.9 cm³/mol. The van der Waals surface area contributed by atoms with Crippen LogP contribution >= 0.6 is 0 Å². The molecule has 2 heterocycles. The number of aromatic nitrogens is 3. The van der Waals surface area contributed by atoms with Crippen molar-refractivity contribution < 1.29 is 14.7 Å². The molecular formula is C18H28N4O3. The molecule has 25 heavy (non-hydrogen) atoms. The van der Waals surface area contributed by atoms with Crippen LogP contribution in [0.15, 0.2) is 6.20 Å². The Hall–Kier alpha value is -1.76. The molecule has 1 saturated heterocycles. The van der Waals surface area contributed by atoms with Gasteiger partial charge in [0.2, 0.25) is 5.91 Å². The summed E-state index contributed by atoms with van der Waals surface area (Å²) in [6.07, 6.45) is 5.41. The Morgan fingerprint density at radius 2 is 2.08 bits per heavy atom. The minimum Gasteiger partial charge on any atom is -0.391 e. The molecule has 0 bridgehead atoms. The summed E-state index contributed by atoms with van der Waals surface area (Å²) in [4.78, 5) is 27.0. The number of aliphatic hydroxyl groups excluding tert-OH is 1. The van der Waals surface area contributed by atoms with Gasteiger partial charge in [-0.1, -0.05) is 32.4 Å². The highest BCUT2D eigenvalue weighted by Crippen LogP contribution is 2.35. The number of hydrogen-bond donors (Lipinski definition) is 1. The first-order chi connectivity index (χ1) is 11.9. The lowest BCUT2D eigenvalue weighted by molar-refractivity contribution is -0.141. The lowest BCUT2D eigenvalue weighted by atomic mass is 9.83. The second-order valence-corrected chi connectivity index (χ2v) is 7.66. The molecule has 2 aliphatic rings. The van der Waals surface area contributed by atoms with Gasteiger partial charge in [0.25, 0.3) is 0 Å². The largest absolute Gasteiger partial charge is 0.391 e. The van der Waals surface area contributed by atoms with E-state index in [2.05, 4.69) is 10.3 Å². The molecule has 1 aliphatic carbocycles. The zero-order chi connectivity index (χ0) is 18.1. The zero-order valence-corrected chi connectivity index (χ0v) is 15.3. The summed E-state index contributed by atoms with van der Waals surface area (Å²) < 4.78 is 1.65. The second kappa shape index (κ2) is 7.23. The van der Waals surface area contributed by atoms with Gasteiger partial charge in [0, 0.05) is 31.5 Å². The number of Topliss-reactive ketones (excluding diaryl/α,β-unsaturated/α-hetero) is 1. The summed E-state index contributed by atoms with van der Waals surface area (Å²) in [5.74, 6) is 0.322. The van der Waals surface area contributed by atoms with E-state index in [4.69, 9.17) is 0 Å². The third-order valence-corrected chi connectivity index (χ3v) is 5.50. The summed E-state index contributed by atoms with van der Waals surface area (Å²) in [5, 5.41) is 18.5. The van der Waals surface area contributed by atoms with Crippen LogP contribution in [0.2, 0.25) is 0 Å². The minimum absolute atomic E-state index is 0.00107. The van der Waals surface area contributed by atoms with Crippen molar-refractivity contribution in [3.05, 3.63) is 11.9 Å². The molecule has 3 rings (SSSR count). The molecule has 0 aromatic carbocycles. The first kappa shape index (κ1) is 18.0. The Labute approximate surface area is 148 Å². The Morgan fingerprint density at radius 3 is 2.64 bits per heavy atom. The van der Waals surface area contributed by atoms with Crippen molar-refractivity contribution in [1.82, 2.24) is 19.9 Å².